The van der Waals surface area contributed by atoms with Gasteiger partial charge in [0.2, 0.25) is 0 Å². The number of hydrogen-bond donors (Lipinski definition) is 1. The van der Waals surface area contributed by atoms with E-state index in [4.69, 9.17) is 21.1 Å². The van der Waals surface area contributed by atoms with Crippen molar-refractivity contribution in [3.05, 3.63) is 28.8 Å². The normalized spacial score (nSPS) is 23.3. The van der Waals surface area contributed by atoms with Crippen LogP contribution in [0.5, 0.6) is 5.75 Å². The summed E-state index contributed by atoms with van der Waals surface area (Å²) in [5.74, 6) is 0.822. The first kappa shape index (κ1) is 12.3. The van der Waals surface area contributed by atoms with E-state index in [0.29, 0.717) is 17.7 Å². The molecule has 0 bridgehead atoms. The van der Waals surface area contributed by atoms with Crippen molar-refractivity contribution < 1.29 is 9.47 Å². The fraction of sp³-hybridized carbons (Fsp3) is 0.571. The Kier molecular flexibility index (Phi) is 3.73. The summed E-state index contributed by atoms with van der Waals surface area (Å²) in [4.78, 5) is 0. The molecule has 3 nitrogen and oxygen atoms in total. The van der Waals surface area contributed by atoms with Crippen LogP contribution in [0.15, 0.2) is 18.2 Å². The van der Waals surface area contributed by atoms with Gasteiger partial charge in [-0.1, -0.05) is 23.7 Å². The highest BCUT2D eigenvalue weighted by molar-refractivity contribution is 6.32. The van der Waals surface area contributed by atoms with Gasteiger partial charge < -0.3 is 14.8 Å². The van der Waals surface area contributed by atoms with Gasteiger partial charge in [-0.3, -0.25) is 0 Å². The van der Waals surface area contributed by atoms with Crippen LogP contribution >= 0.6 is 11.6 Å². The van der Waals surface area contributed by atoms with E-state index in [9.17, 15) is 0 Å². The lowest BCUT2D eigenvalue weighted by Crippen LogP contribution is -2.20. The van der Waals surface area contributed by atoms with E-state index in [1.54, 1.807) is 0 Å². The highest BCUT2D eigenvalue weighted by Crippen LogP contribution is 2.31. The molecular formula is C14H18ClNO2. The zero-order valence-corrected chi connectivity index (χ0v) is 11.1. The van der Waals surface area contributed by atoms with Crippen LogP contribution in [0.4, 0.5) is 0 Å². The molecule has 2 fully saturated rings. The van der Waals surface area contributed by atoms with E-state index >= 15 is 0 Å². The number of halogens is 1. The van der Waals surface area contributed by atoms with Crippen molar-refractivity contribution >= 4 is 11.6 Å². The molecule has 1 aromatic rings. The van der Waals surface area contributed by atoms with Crippen molar-refractivity contribution in [2.24, 2.45) is 0 Å². The maximum atomic E-state index is 6.25. The molecule has 2 aliphatic rings. The average molecular weight is 268 g/mol. The average Bonchev–Trinajstić information content (AvgIpc) is 3.06. The minimum atomic E-state index is 0.143. The van der Waals surface area contributed by atoms with E-state index in [0.717, 1.165) is 30.9 Å². The Balaban J connectivity index is 1.71. The van der Waals surface area contributed by atoms with Crippen molar-refractivity contribution in [2.75, 3.05) is 13.2 Å². The Labute approximate surface area is 112 Å². The molecule has 1 aliphatic carbocycles. The van der Waals surface area contributed by atoms with Gasteiger partial charge in [-0.15, -0.1) is 0 Å². The molecule has 1 unspecified atom stereocenters. The minimum Gasteiger partial charge on any atom is -0.486 e. The molecule has 1 saturated heterocycles. The second kappa shape index (κ2) is 5.47. The summed E-state index contributed by atoms with van der Waals surface area (Å²) in [6.07, 6.45) is 3.66. The van der Waals surface area contributed by atoms with Crippen LogP contribution in [0.25, 0.3) is 0 Å². The maximum Gasteiger partial charge on any atom is 0.142 e. The van der Waals surface area contributed by atoms with E-state index in [1.807, 2.05) is 12.1 Å². The smallest absolute Gasteiger partial charge is 0.142 e. The SMILES string of the molecule is Clc1cccc(CNC2CC2)c1OC1CCOC1. The Morgan fingerprint density at radius 2 is 2.22 bits per heavy atom. The summed E-state index contributed by atoms with van der Waals surface area (Å²) in [6, 6.07) is 6.62. The first-order valence-corrected chi connectivity index (χ1v) is 6.96. The molecule has 18 heavy (non-hydrogen) atoms. The molecule has 1 aliphatic heterocycles. The highest BCUT2D eigenvalue weighted by Gasteiger charge is 2.23. The van der Waals surface area contributed by atoms with Gasteiger partial charge in [0.1, 0.15) is 11.9 Å². The van der Waals surface area contributed by atoms with Crippen molar-refractivity contribution in [3.63, 3.8) is 0 Å². The lowest BCUT2D eigenvalue weighted by atomic mass is 10.2. The molecule has 1 heterocycles. The molecule has 1 aromatic carbocycles. The van der Waals surface area contributed by atoms with Crippen LogP contribution in [0, 0.1) is 0 Å². The Hall–Kier alpha value is -0.770. The highest BCUT2D eigenvalue weighted by atomic mass is 35.5. The molecule has 0 radical (unpaired) electrons. The summed E-state index contributed by atoms with van der Waals surface area (Å²) < 4.78 is 11.3. The summed E-state index contributed by atoms with van der Waals surface area (Å²) in [5, 5.41) is 4.19. The summed E-state index contributed by atoms with van der Waals surface area (Å²) in [6.45, 7) is 2.28. The zero-order chi connectivity index (χ0) is 12.4. The number of ether oxygens (including phenoxy) is 2. The van der Waals surface area contributed by atoms with Gasteiger partial charge in [0, 0.05) is 24.6 Å². The van der Waals surface area contributed by atoms with Gasteiger partial charge in [0.25, 0.3) is 0 Å². The second-order valence-electron chi connectivity index (χ2n) is 4.99. The zero-order valence-electron chi connectivity index (χ0n) is 10.3. The lowest BCUT2D eigenvalue weighted by Gasteiger charge is -2.17. The topological polar surface area (TPSA) is 30.5 Å². The third-order valence-electron chi connectivity index (χ3n) is 3.38. The van der Waals surface area contributed by atoms with Crippen LogP contribution in [-0.2, 0) is 11.3 Å². The molecule has 4 heteroatoms. The number of hydrogen-bond acceptors (Lipinski definition) is 3. The van der Waals surface area contributed by atoms with Crippen molar-refractivity contribution in [3.8, 4) is 5.75 Å². The first-order chi connectivity index (χ1) is 8.83. The van der Waals surface area contributed by atoms with Crippen LogP contribution in [0.3, 0.4) is 0 Å². The van der Waals surface area contributed by atoms with E-state index < -0.39 is 0 Å². The van der Waals surface area contributed by atoms with E-state index in [2.05, 4.69) is 11.4 Å². The molecule has 1 saturated carbocycles. The van der Waals surface area contributed by atoms with Crippen molar-refractivity contribution in [1.29, 1.82) is 0 Å². The molecular weight excluding hydrogens is 250 g/mol. The molecule has 98 valence electrons. The quantitative estimate of drug-likeness (QED) is 0.890. The number of para-hydroxylation sites is 1. The maximum absolute atomic E-state index is 6.25. The van der Waals surface area contributed by atoms with Gasteiger partial charge in [0.05, 0.1) is 18.2 Å². The largest absolute Gasteiger partial charge is 0.486 e. The number of rotatable bonds is 5. The molecule has 0 spiro atoms. The third kappa shape index (κ3) is 2.97. The predicted octanol–water partition coefficient (Wildman–Crippen LogP) is 2.76. The Morgan fingerprint density at radius 3 is 2.94 bits per heavy atom. The predicted molar refractivity (Wildman–Crippen MR) is 71.2 cm³/mol. The monoisotopic (exact) mass is 267 g/mol. The molecule has 0 amide bonds. The minimum absolute atomic E-state index is 0.143. The van der Waals surface area contributed by atoms with Crippen molar-refractivity contribution in [2.45, 2.75) is 38.0 Å². The molecule has 3 rings (SSSR count). The van der Waals surface area contributed by atoms with Crippen LogP contribution < -0.4 is 10.1 Å². The molecule has 1 N–H and O–H groups in total. The van der Waals surface area contributed by atoms with E-state index in [-0.39, 0.29) is 6.10 Å². The van der Waals surface area contributed by atoms with Crippen LogP contribution in [0.2, 0.25) is 5.02 Å². The van der Waals surface area contributed by atoms with Gasteiger partial charge in [-0.05, 0) is 18.9 Å². The third-order valence-corrected chi connectivity index (χ3v) is 3.68. The number of benzene rings is 1. The van der Waals surface area contributed by atoms with Gasteiger partial charge in [-0.2, -0.15) is 0 Å². The second-order valence-corrected chi connectivity index (χ2v) is 5.39. The molecule has 1 atom stereocenters. The van der Waals surface area contributed by atoms with Gasteiger partial charge in [0.15, 0.2) is 0 Å². The fourth-order valence-corrected chi connectivity index (χ4v) is 2.38. The summed E-state index contributed by atoms with van der Waals surface area (Å²) in [7, 11) is 0. The van der Waals surface area contributed by atoms with Gasteiger partial charge >= 0.3 is 0 Å². The molecule has 0 aromatic heterocycles. The summed E-state index contributed by atoms with van der Waals surface area (Å²) >= 11 is 6.25. The lowest BCUT2D eigenvalue weighted by molar-refractivity contribution is 0.140. The fourth-order valence-electron chi connectivity index (χ4n) is 2.14. The van der Waals surface area contributed by atoms with Crippen LogP contribution in [0.1, 0.15) is 24.8 Å². The standard InChI is InChI=1S/C14H18ClNO2/c15-13-3-1-2-10(8-16-11-4-5-11)14(13)18-12-6-7-17-9-12/h1-3,11-12,16H,4-9H2. The number of nitrogens with one attached hydrogen (secondary N) is 1. The Bertz CT molecular complexity index is 414. The van der Waals surface area contributed by atoms with E-state index in [1.165, 1.54) is 12.8 Å². The van der Waals surface area contributed by atoms with Gasteiger partial charge in [-0.25, -0.2) is 0 Å². The van der Waals surface area contributed by atoms with Crippen molar-refractivity contribution in [1.82, 2.24) is 5.32 Å². The first-order valence-electron chi connectivity index (χ1n) is 6.58. The summed E-state index contributed by atoms with van der Waals surface area (Å²) in [5.41, 5.74) is 1.14. The van der Waals surface area contributed by atoms with Crippen LogP contribution in [-0.4, -0.2) is 25.4 Å². The Morgan fingerprint density at radius 1 is 1.33 bits per heavy atom.